The topological polar surface area (TPSA) is 58.6 Å². The summed E-state index contributed by atoms with van der Waals surface area (Å²) < 4.78 is 4.75. The molecule has 0 saturated heterocycles. The second-order valence-electron chi connectivity index (χ2n) is 4.25. The second kappa shape index (κ2) is 7.75. The second-order valence-corrected chi connectivity index (χ2v) is 4.66. The molecule has 0 radical (unpaired) electrons. The minimum Gasteiger partial charge on any atom is -0.450 e. The van der Waals surface area contributed by atoms with Crippen LogP contribution in [-0.4, -0.2) is 31.7 Å². The Balaban J connectivity index is 2.67. The lowest BCUT2D eigenvalue weighted by Crippen LogP contribution is -2.37. The molecule has 0 aliphatic rings. The predicted octanol–water partition coefficient (Wildman–Crippen LogP) is 2.75. The van der Waals surface area contributed by atoms with Crippen molar-refractivity contribution in [3.63, 3.8) is 0 Å². The molecule has 1 aromatic carbocycles. The van der Waals surface area contributed by atoms with Crippen LogP contribution in [0.1, 0.15) is 19.4 Å². The van der Waals surface area contributed by atoms with Crippen molar-refractivity contribution in [1.29, 1.82) is 0 Å². The lowest BCUT2D eigenvalue weighted by atomic mass is 10.2. The first kappa shape index (κ1) is 16.3. The minimum absolute atomic E-state index is 0.115. The molecule has 20 heavy (non-hydrogen) atoms. The molecule has 0 bridgehead atoms. The monoisotopic (exact) mass is 298 g/mol. The number of halogens is 1. The summed E-state index contributed by atoms with van der Waals surface area (Å²) in [5.74, 6) is -0.115. The standard InChI is InChI=1S/C14H19ClN2O3/c1-4-20-14(19)16-7-8-17(11(3)18)12-6-5-10(2)13(15)9-12/h5-6,9H,4,7-8H2,1-3H3,(H,16,19). The van der Waals surface area contributed by atoms with Gasteiger partial charge in [0, 0.05) is 30.7 Å². The first-order chi connectivity index (χ1) is 9.45. The van der Waals surface area contributed by atoms with Crippen molar-refractivity contribution < 1.29 is 14.3 Å². The Morgan fingerprint density at radius 2 is 2.10 bits per heavy atom. The summed E-state index contributed by atoms with van der Waals surface area (Å²) in [6.07, 6.45) is -0.488. The van der Waals surface area contributed by atoms with Gasteiger partial charge < -0.3 is 15.0 Å². The largest absolute Gasteiger partial charge is 0.450 e. The first-order valence-corrected chi connectivity index (χ1v) is 6.78. The SMILES string of the molecule is CCOC(=O)NCCN(C(C)=O)c1ccc(C)c(Cl)c1. The quantitative estimate of drug-likeness (QED) is 0.909. The highest BCUT2D eigenvalue weighted by molar-refractivity contribution is 6.31. The van der Waals surface area contributed by atoms with E-state index in [9.17, 15) is 9.59 Å². The number of amides is 2. The van der Waals surface area contributed by atoms with Gasteiger partial charge in [-0.1, -0.05) is 17.7 Å². The zero-order valence-corrected chi connectivity index (χ0v) is 12.7. The molecule has 6 heteroatoms. The molecule has 0 fully saturated rings. The average Bonchev–Trinajstić information content (AvgIpc) is 2.38. The third kappa shape index (κ3) is 4.74. The van der Waals surface area contributed by atoms with Crippen molar-refractivity contribution in [3.05, 3.63) is 28.8 Å². The van der Waals surface area contributed by atoms with Gasteiger partial charge in [-0.3, -0.25) is 4.79 Å². The molecule has 0 heterocycles. The predicted molar refractivity (Wildman–Crippen MR) is 79.2 cm³/mol. The first-order valence-electron chi connectivity index (χ1n) is 6.40. The molecule has 1 rings (SSSR count). The molecule has 0 atom stereocenters. The van der Waals surface area contributed by atoms with Gasteiger partial charge in [0.1, 0.15) is 0 Å². The Morgan fingerprint density at radius 1 is 1.40 bits per heavy atom. The van der Waals surface area contributed by atoms with Gasteiger partial charge in [0.25, 0.3) is 0 Å². The van der Waals surface area contributed by atoms with Crippen LogP contribution >= 0.6 is 11.6 Å². The van der Waals surface area contributed by atoms with E-state index >= 15 is 0 Å². The van der Waals surface area contributed by atoms with Gasteiger partial charge in [-0.2, -0.15) is 0 Å². The zero-order chi connectivity index (χ0) is 15.1. The lowest BCUT2D eigenvalue weighted by molar-refractivity contribution is -0.116. The van der Waals surface area contributed by atoms with Crippen LogP contribution < -0.4 is 10.2 Å². The Morgan fingerprint density at radius 3 is 2.65 bits per heavy atom. The number of benzene rings is 1. The fourth-order valence-electron chi connectivity index (χ4n) is 1.67. The van der Waals surface area contributed by atoms with Crippen molar-refractivity contribution in [3.8, 4) is 0 Å². The van der Waals surface area contributed by atoms with E-state index in [0.717, 1.165) is 5.56 Å². The van der Waals surface area contributed by atoms with Gasteiger partial charge in [-0.15, -0.1) is 0 Å². The van der Waals surface area contributed by atoms with Crippen LogP contribution in [0, 0.1) is 6.92 Å². The van der Waals surface area contributed by atoms with E-state index in [-0.39, 0.29) is 5.91 Å². The maximum atomic E-state index is 11.7. The van der Waals surface area contributed by atoms with Crippen molar-refractivity contribution in [2.45, 2.75) is 20.8 Å². The number of carbonyl (C=O) groups is 2. The molecule has 5 nitrogen and oxygen atoms in total. The number of aryl methyl sites for hydroxylation is 1. The number of nitrogens with one attached hydrogen (secondary N) is 1. The number of hydrogen-bond donors (Lipinski definition) is 1. The Bertz CT molecular complexity index is 491. The van der Waals surface area contributed by atoms with Crippen LogP contribution in [0.15, 0.2) is 18.2 Å². The molecule has 1 N–H and O–H groups in total. The normalized spacial score (nSPS) is 10.0. The summed E-state index contributed by atoms with van der Waals surface area (Å²) in [7, 11) is 0. The van der Waals surface area contributed by atoms with Crippen LogP contribution in [0.25, 0.3) is 0 Å². The summed E-state index contributed by atoms with van der Waals surface area (Å²) >= 11 is 6.06. The van der Waals surface area contributed by atoms with Crippen LogP contribution in [0.5, 0.6) is 0 Å². The molecule has 0 aromatic heterocycles. The molecule has 110 valence electrons. The van der Waals surface area contributed by atoms with Crippen molar-refractivity contribution in [2.75, 3.05) is 24.6 Å². The molecule has 0 aliphatic heterocycles. The Labute approximate surface area is 123 Å². The Hall–Kier alpha value is -1.75. The molecule has 0 spiro atoms. The van der Waals surface area contributed by atoms with E-state index in [1.807, 2.05) is 19.1 Å². The van der Waals surface area contributed by atoms with Crippen LogP contribution in [0.4, 0.5) is 10.5 Å². The van der Waals surface area contributed by atoms with Gasteiger partial charge in [-0.25, -0.2) is 4.79 Å². The van der Waals surface area contributed by atoms with E-state index in [1.165, 1.54) is 6.92 Å². The average molecular weight is 299 g/mol. The van der Waals surface area contributed by atoms with E-state index in [1.54, 1.807) is 17.9 Å². The van der Waals surface area contributed by atoms with Gasteiger partial charge >= 0.3 is 6.09 Å². The molecular formula is C14H19ClN2O3. The highest BCUT2D eigenvalue weighted by Gasteiger charge is 2.12. The van der Waals surface area contributed by atoms with Crippen molar-refractivity contribution >= 4 is 29.3 Å². The van der Waals surface area contributed by atoms with Gasteiger partial charge in [-0.05, 0) is 31.5 Å². The van der Waals surface area contributed by atoms with Gasteiger partial charge in [0.2, 0.25) is 5.91 Å². The van der Waals surface area contributed by atoms with Crippen molar-refractivity contribution in [2.24, 2.45) is 0 Å². The number of rotatable bonds is 5. The van der Waals surface area contributed by atoms with Crippen LogP contribution in [-0.2, 0) is 9.53 Å². The molecule has 0 aliphatic carbocycles. The molecule has 2 amide bonds. The summed E-state index contributed by atoms with van der Waals surface area (Å²) in [5, 5.41) is 3.18. The van der Waals surface area contributed by atoms with Crippen LogP contribution in [0.3, 0.4) is 0 Å². The zero-order valence-electron chi connectivity index (χ0n) is 11.9. The highest BCUT2D eigenvalue weighted by atomic mass is 35.5. The number of carbonyl (C=O) groups excluding carboxylic acids is 2. The number of nitrogens with zero attached hydrogens (tertiary/aromatic N) is 1. The summed E-state index contributed by atoms with van der Waals surface area (Å²) in [5.41, 5.74) is 1.65. The molecule has 0 saturated carbocycles. The third-order valence-corrected chi connectivity index (χ3v) is 3.13. The number of anilines is 1. The van der Waals surface area contributed by atoms with E-state index < -0.39 is 6.09 Å². The van der Waals surface area contributed by atoms with E-state index in [0.29, 0.717) is 30.4 Å². The lowest BCUT2D eigenvalue weighted by Gasteiger charge is -2.22. The van der Waals surface area contributed by atoms with Crippen molar-refractivity contribution in [1.82, 2.24) is 5.32 Å². The third-order valence-electron chi connectivity index (χ3n) is 2.73. The molecular weight excluding hydrogens is 280 g/mol. The van der Waals surface area contributed by atoms with Gasteiger partial charge in [0.15, 0.2) is 0 Å². The maximum Gasteiger partial charge on any atom is 0.407 e. The summed E-state index contributed by atoms with van der Waals surface area (Å²) in [6, 6.07) is 5.42. The molecule has 1 aromatic rings. The fraction of sp³-hybridized carbons (Fsp3) is 0.429. The van der Waals surface area contributed by atoms with Gasteiger partial charge in [0.05, 0.1) is 6.61 Å². The summed E-state index contributed by atoms with van der Waals surface area (Å²) in [4.78, 5) is 24.4. The smallest absolute Gasteiger partial charge is 0.407 e. The van der Waals surface area contributed by atoms with E-state index in [4.69, 9.17) is 16.3 Å². The number of ether oxygens (including phenoxy) is 1. The van der Waals surface area contributed by atoms with E-state index in [2.05, 4.69) is 5.32 Å². The fourth-order valence-corrected chi connectivity index (χ4v) is 1.84. The Kier molecular flexibility index (Phi) is 6.31. The maximum absolute atomic E-state index is 11.7. The highest BCUT2D eigenvalue weighted by Crippen LogP contribution is 2.23. The number of alkyl carbamates (subject to hydrolysis) is 1. The summed E-state index contributed by atoms with van der Waals surface area (Å²) in [6.45, 7) is 6.08. The number of hydrogen-bond acceptors (Lipinski definition) is 3. The minimum atomic E-state index is -0.488. The molecule has 0 unspecified atom stereocenters. The van der Waals surface area contributed by atoms with Crippen LogP contribution in [0.2, 0.25) is 5.02 Å².